The van der Waals surface area contributed by atoms with Crippen LogP contribution in [0.1, 0.15) is 25.2 Å². The van der Waals surface area contributed by atoms with Gasteiger partial charge in [-0.15, -0.1) is 0 Å². The van der Waals surface area contributed by atoms with Crippen molar-refractivity contribution < 1.29 is 13.6 Å². The van der Waals surface area contributed by atoms with E-state index in [0.29, 0.717) is 13.2 Å². The zero-order chi connectivity index (χ0) is 19.0. The number of nitrogens with zero attached hydrogens (tertiary/aromatic N) is 1. The third-order valence-electron chi connectivity index (χ3n) is 5.07. The van der Waals surface area contributed by atoms with Crippen molar-refractivity contribution in [3.63, 3.8) is 0 Å². The molecule has 0 aliphatic carbocycles. The van der Waals surface area contributed by atoms with Crippen molar-refractivity contribution in [1.82, 2.24) is 0 Å². The van der Waals surface area contributed by atoms with Crippen LogP contribution in [0.15, 0.2) is 60.7 Å². The summed E-state index contributed by atoms with van der Waals surface area (Å²) in [7, 11) is -1.41. The summed E-state index contributed by atoms with van der Waals surface area (Å²) >= 11 is 0. The van der Waals surface area contributed by atoms with E-state index in [1.54, 1.807) is 0 Å². The van der Waals surface area contributed by atoms with E-state index in [1.807, 2.05) is 51.2 Å². The lowest BCUT2D eigenvalue weighted by Gasteiger charge is -2.40. The van der Waals surface area contributed by atoms with Crippen LogP contribution in [0.5, 0.6) is 0 Å². The fourth-order valence-corrected chi connectivity index (χ4v) is 6.25. The summed E-state index contributed by atoms with van der Waals surface area (Å²) in [6.07, 6.45) is 0. The Morgan fingerprint density at radius 3 is 2.30 bits per heavy atom. The minimum absolute atomic E-state index is 0.339. The van der Waals surface area contributed by atoms with Gasteiger partial charge < -0.3 is 13.9 Å². The first-order valence-electron chi connectivity index (χ1n) is 9.33. The Labute approximate surface area is 160 Å². The summed E-state index contributed by atoms with van der Waals surface area (Å²) < 4.78 is 25.3. The maximum atomic E-state index is 13.8. The molecule has 5 heteroatoms. The van der Waals surface area contributed by atoms with Crippen molar-refractivity contribution in [2.75, 3.05) is 25.2 Å². The molecule has 4 nitrogen and oxygen atoms in total. The van der Waals surface area contributed by atoms with E-state index in [1.165, 1.54) is 0 Å². The summed E-state index contributed by atoms with van der Waals surface area (Å²) in [6, 6.07) is 20.7. The molecule has 4 rings (SSSR count). The Morgan fingerprint density at radius 2 is 1.56 bits per heavy atom. The maximum absolute atomic E-state index is 13.8. The second-order valence-electron chi connectivity index (χ2n) is 6.63. The van der Waals surface area contributed by atoms with Gasteiger partial charge in [-0.2, -0.15) is 0 Å². The highest BCUT2D eigenvalue weighted by Crippen LogP contribution is 2.66. The lowest BCUT2D eigenvalue weighted by Crippen LogP contribution is -2.30. The third-order valence-corrected chi connectivity index (χ3v) is 7.53. The Morgan fingerprint density at radius 1 is 0.889 bits per heavy atom. The van der Waals surface area contributed by atoms with Crippen LogP contribution in [0.2, 0.25) is 0 Å². The molecule has 1 atom stereocenters. The number of rotatable bonds is 5. The first kappa shape index (κ1) is 18.2. The molecule has 1 unspecified atom stereocenters. The summed E-state index contributed by atoms with van der Waals surface area (Å²) in [5.41, 5.74) is 4.27. The van der Waals surface area contributed by atoms with Gasteiger partial charge in [-0.3, -0.25) is 4.57 Å². The molecule has 140 valence electrons. The minimum Gasteiger partial charge on any atom is -0.356 e. The van der Waals surface area contributed by atoms with Gasteiger partial charge in [0.1, 0.15) is 0 Å². The maximum Gasteiger partial charge on any atom is 0.357 e. The highest BCUT2D eigenvalue weighted by atomic mass is 31.2. The van der Waals surface area contributed by atoms with Gasteiger partial charge in [0, 0.05) is 18.0 Å². The van der Waals surface area contributed by atoms with Crippen molar-refractivity contribution in [2.45, 2.75) is 19.6 Å². The molecular weight excluding hydrogens is 357 g/mol. The van der Waals surface area contributed by atoms with Crippen molar-refractivity contribution >= 4 is 24.1 Å². The van der Waals surface area contributed by atoms with E-state index in [9.17, 15) is 4.57 Å². The zero-order valence-electron chi connectivity index (χ0n) is 15.9. The van der Waals surface area contributed by atoms with E-state index in [4.69, 9.17) is 9.05 Å². The standard InChI is InChI=1S/C22H24NO3P/c1-4-25-27(24,26-5-2)22-20-13-9-8-12-18(20)19-15-14-16-10-6-7-11-17(16)21(19)23(22)3/h6-15,22H,4-5H2,1-3H3. The van der Waals surface area contributed by atoms with Crippen molar-refractivity contribution in [2.24, 2.45) is 0 Å². The number of benzene rings is 3. The molecule has 0 N–H and O–H groups in total. The van der Waals surface area contributed by atoms with Gasteiger partial charge >= 0.3 is 7.60 Å². The van der Waals surface area contributed by atoms with Gasteiger partial charge in [-0.05, 0) is 30.4 Å². The molecule has 0 bridgehead atoms. The van der Waals surface area contributed by atoms with Gasteiger partial charge in [0.2, 0.25) is 0 Å². The second-order valence-corrected chi connectivity index (χ2v) is 8.72. The van der Waals surface area contributed by atoms with Gasteiger partial charge in [0.25, 0.3) is 0 Å². The normalized spacial score (nSPS) is 16.3. The Hall–Kier alpha value is -2.13. The molecule has 0 amide bonds. The fraction of sp³-hybridized carbons (Fsp3) is 0.273. The van der Waals surface area contributed by atoms with Crippen molar-refractivity contribution in [3.8, 4) is 11.1 Å². The molecule has 0 saturated carbocycles. The topological polar surface area (TPSA) is 38.8 Å². The van der Waals surface area contributed by atoms with Gasteiger partial charge in [0.05, 0.1) is 18.9 Å². The first-order valence-corrected chi connectivity index (χ1v) is 10.9. The Kier molecular flexibility index (Phi) is 4.81. The van der Waals surface area contributed by atoms with Crippen molar-refractivity contribution in [1.29, 1.82) is 0 Å². The molecule has 1 heterocycles. The molecule has 0 aromatic heterocycles. The molecule has 0 radical (unpaired) electrons. The molecule has 0 fully saturated rings. The van der Waals surface area contributed by atoms with E-state index >= 15 is 0 Å². The van der Waals surface area contributed by atoms with Gasteiger partial charge in [-0.1, -0.05) is 60.7 Å². The summed E-state index contributed by atoms with van der Waals surface area (Å²) in [4.78, 5) is 2.08. The Balaban J connectivity index is 2.02. The average molecular weight is 381 g/mol. The first-order chi connectivity index (χ1) is 13.1. The summed E-state index contributed by atoms with van der Waals surface area (Å²) in [5, 5.41) is 2.29. The largest absolute Gasteiger partial charge is 0.357 e. The zero-order valence-corrected chi connectivity index (χ0v) is 16.8. The predicted molar refractivity (Wildman–Crippen MR) is 111 cm³/mol. The van der Waals surface area contributed by atoms with Gasteiger partial charge in [-0.25, -0.2) is 0 Å². The molecule has 1 aliphatic rings. The molecule has 3 aromatic rings. The lowest BCUT2D eigenvalue weighted by atomic mass is 9.90. The van der Waals surface area contributed by atoms with Crippen LogP contribution >= 0.6 is 7.60 Å². The fourth-order valence-electron chi connectivity index (χ4n) is 4.07. The van der Waals surface area contributed by atoms with Crippen LogP contribution in [0.25, 0.3) is 21.9 Å². The Bertz CT molecular complexity index is 1020. The summed E-state index contributed by atoms with van der Waals surface area (Å²) in [6.45, 7) is 4.38. The predicted octanol–water partition coefficient (Wildman–Crippen LogP) is 6.22. The van der Waals surface area contributed by atoms with Crippen molar-refractivity contribution in [3.05, 3.63) is 66.2 Å². The van der Waals surface area contributed by atoms with E-state index in [2.05, 4.69) is 35.2 Å². The minimum atomic E-state index is -3.39. The van der Waals surface area contributed by atoms with Crippen LogP contribution in [-0.2, 0) is 13.6 Å². The van der Waals surface area contributed by atoms with Crippen LogP contribution in [0, 0.1) is 0 Å². The van der Waals surface area contributed by atoms with E-state index in [-0.39, 0.29) is 0 Å². The average Bonchev–Trinajstić information content (AvgIpc) is 2.68. The third kappa shape index (κ3) is 2.89. The monoisotopic (exact) mass is 381 g/mol. The smallest absolute Gasteiger partial charge is 0.356 e. The number of anilines is 1. The van der Waals surface area contributed by atoms with E-state index in [0.717, 1.165) is 33.2 Å². The van der Waals surface area contributed by atoms with Gasteiger partial charge in [0.15, 0.2) is 5.78 Å². The molecule has 0 spiro atoms. The number of hydrogen-bond acceptors (Lipinski definition) is 4. The molecular formula is C22H24NO3P. The van der Waals surface area contributed by atoms with Crippen LogP contribution < -0.4 is 4.90 Å². The SMILES string of the molecule is CCOP(=O)(OCC)C1c2ccccc2-c2ccc3ccccc3c2N1C. The van der Waals surface area contributed by atoms with Crippen LogP contribution in [0.4, 0.5) is 5.69 Å². The van der Waals surface area contributed by atoms with Crippen LogP contribution in [-0.4, -0.2) is 20.3 Å². The highest BCUT2D eigenvalue weighted by molar-refractivity contribution is 7.54. The highest BCUT2D eigenvalue weighted by Gasteiger charge is 2.44. The molecule has 0 saturated heterocycles. The summed E-state index contributed by atoms with van der Waals surface area (Å²) in [5.74, 6) is -0.480. The second kappa shape index (κ2) is 7.12. The van der Waals surface area contributed by atoms with Crippen LogP contribution in [0.3, 0.4) is 0 Å². The molecule has 27 heavy (non-hydrogen) atoms. The number of hydrogen-bond donors (Lipinski definition) is 0. The lowest BCUT2D eigenvalue weighted by molar-refractivity contribution is 0.211. The van der Waals surface area contributed by atoms with E-state index < -0.39 is 13.4 Å². The quantitative estimate of drug-likeness (QED) is 0.492. The molecule has 3 aromatic carbocycles. The molecule has 1 aliphatic heterocycles. The number of fused-ring (bicyclic) bond motifs is 5.